The van der Waals surface area contributed by atoms with E-state index in [0.717, 1.165) is 22.4 Å². The quantitative estimate of drug-likeness (QED) is 0.652. The molecule has 90 valence electrons. The molecule has 0 saturated carbocycles. The molecule has 1 heterocycles. The molecule has 0 amide bonds. The Hall–Kier alpha value is -2.79. The minimum absolute atomic E-state index is 1.01. The minimum Gasteiger partial charge on any atom is -0.278 e. The Kier molecular flexibility index (Phi) is 3.12. The van der Waals surface area contributed by atoms with Gasteiger partial charge in [-0.3, -0.25) is 5.10 Å². The Morgan fingerprint density at radius 1 is 0.737 bits per heavy atom. The van der Waals surface area contributed by atoms with Crippen LogP contribution in [0.25, 0.3) is 11.3 Å². The summed E-state index contributed by atoms with van der Waals surface area (Å²) in [7, 11) is 0. The van der Waals surface area contributed by atoms with Gasteiger partial charge in [0.25, 0.3) is 0 Å². The van der Waals surface area contributed by atoms with Crippen LogP contribution in [0.3, 0.4) is 0 Å². The molecule has 0 radical (unpaired) electrons. The van der Waals surface area contributed by atoms with Crippen LogP contribution in [0.1, 0.15) is 11.1 Å². The normalized spacial score (nSPS) is 9.68. The van der Waals surface area contributed by atoms with Crippen LogP contribution >= 0.6 is 0 Å². The van der Waals surface area contributed by atoms with E-state index in [1.807, 2.05) is 60.7 Å². The first kappa shape index (κ1) is 11.3. The fourth-order valence-corrected chi connectivity index (χ4v) is 1.82. The summed E-state index contributed by atoms with van der Waals surface area (Å²) in [5, 5.41) is 6.89. The molecule has 3 aromatic rings. The number of H-pyrrole nitrogens is 1. The minimum atomic E-state index is 1.01. The standard InChI is InChI=1S/C17H12N2/c1-2-4-14(5-3-1)6-7-15-8-10-16(11-9-15)17-12-13-18-19-17/h1-5,8-13H,(H,18,19). The van der Waals surface area contributed by atoms with Gasteiger partial charge in [-0.25, -0.2) is 0 Å². The largest absolute Gasteiger partial charge is 0.278 e. The van der Waals surface area contributed by atoms with Crippen molar-refractivity contribution in [3.63, 3.8) is 0 Å². The maximum Gasteiger partial charge on any atom is 0.0650 e. The first-order valence-electron chi connectivity index (χ1n) is 6.09. The Labute approximate surface area is 112 Å². The van der Waals surface area contributed by atoms with E-state index in [0.29, 0.717) is 0 Å². The van der Waals surface area contributed by atoms with Crippen molar-refractivity contribution >= 4 is 0 Å². The monoisotopic (exact) mass is 244 g/mol. The Bertz CT molecular complexity index is 699. The van der Waals surface area contributed by atoms with E-state index in [2.05, 4.69) is 22.0 Å². The molecule has 2 nitrogen and oxygen atoms in total. The summed E-state index contributed by atoms with van der Waals surface area (Å²) in [4.78, 5) is 0. The number of rotatable bonds is 1. The summed E-state index contributed by atoms with van der Waals surface area (Å²) in [5.74, 6) is 6.30. The molecule has 2 heteroatoms. The van der Waals surface area contributed by atoms with E-state index in [-0.39, 0.29) is 0 Å². The van der Waals surface area contributed by atoms with Gasteiger partial charge in [-0.15, -0.1) is 0 Å². The fraction of sp³-hybridized carbons (Fsp3) is 0. The highest BCUT2D eigenvalue weighted by molar-refractivity contribution is 5.60. The molecule has 0 aliphatic rings. The second-order valence-electron chi connectivity index (χ2n) is 4.16. The molecule has 2 aromatic carbocycles. The molecule has 3 rings (SSSR count). The molecule has 0 spiro atoms. The number of nitrogens with one attached hydrogen (secondary N) is 1. The summed E-state index contributed by atoms with van der Waals surface area (Å²) in [6, 6.07) is 20.1. The third-order valence-corrected chi connectivity index (χ3v) is 2.82. The van der Waals surface area contributed by atoms with Gasteiger partial charge in [0.2, 0.25) is 0 Å². The van der Waals surface area contributed by atoms with Crippen LogP contribution in [-0.2, 0) is 0 Å². The van der Waals surface area contributed by atoms with Crippen molar-refractivity contribution in [2.45, 2.75) is 0 Å². The van der Waals surface area contributed by atoms with E-state index >= 15 is 0 Å². The zero-order valence-corrected chi connectivity index (χ0v) is 10.3. The molecule has 0 unspecified atom stereocenters. The van der Waals surface area contributed by atoms with E-state index in [4.69, 9.17) is 0 Å². The SMILES string of the molecule is C(#Cc1ccc(-c2ccn[nH]2)cc1)c1ccccc1. The van der Waals surface area contributed by atoms with Gasteiger partial charge < -0.3 is 0 Å². The molecule has 19 heavy (non-hydrogen) atoms. The van der Waals surface area contributed by atoms with E-state index in [1.165, 1.54) is 0 Å². The van der Waals surface area contributed by atoms with Crippen LogP contribution in [0.5, 0.6) is 0 Å². The van der Waals surface area contributed by atoms with Crippen LogP contribution in [0, 0.1) is 11.8 Å². The molecule has 1 aromatic heterocycles. The van der Waals surface area contributed by atoms with Gasteiger partial charge in [-0.1, -0.05) is 42.2 Å². The molecular weight excluding hydrogens is 232 g/mol. The van der Waals surface area contributed by atoms with Crippen molar-refractivity contribution < 1.29 is 0 Å². The third kappa shape index (κ3) is 2.72. The van der Waals surface area contributed by atoms with E-state index < -0.39 is 0 Å². The first-order chi connectivity index (χ1) is 9.42. The van der Waals surface area contributed by atoms with Gasteiger partial charge in [0.1, 0.15) is 0 Å². The lowest BCUT2D eigenvalue weighted by atomic mass is 10.1. The second-order valence-corrected chi connectivity index (χ2v) is 4.16. The van der Waals surface area contributed by atoms with Gasteiger partial charge in [0, 0.05) is 17.3 Å². The van der Waals surface area contributed by atoms with Crippen molar-refractivity contribution in [2.75, 3.05) is 0 Å². The number of hydrogen-bond acceptors (Lipinski definition) is 1. The zero-order chi connectivity index (χ0) is 12.9. The molecule has 0 atom stereocenters. The van der Waals surface area contributed by atoms with Gasteiger partial charge in [0.05, 0.1) is 5.69 Å². The number of aromatic amines is 1. The molecule has 1 N–H and O–H groups in total. The Morgan fingerprint density at radius 2 is 1.42 bits per heavy atom. The van der Waals surface area contributed by atoms with Crippen molar-refractivity contribution in [1.29, 1.82) is 0 Å². The van der Waals surface area contributed by atoms with Crippen molar-refractivity contribution in [3.05, 3.63) is 78.0 Å². The van der Waals surface area contributed by atoms with Gasteiger partial charge in [-0.2, -0.15) is 5.10 Å². The zero-order valence-electron chi connectivity index (χ0n) is 10.3. The second kappa shape index (κ2) is 5.24. The van der Waals surface area contributed by atoms with Crippen molar-refractivity contribution in [1.82, 2.24) is 10.2 Å². The number of aromatic nitrogens is 2. The number of nitrogens with zero attached hydrogens (tertiary/aromatic N) is 1. The summed E-state index contributed by atoms with van der Waals surface area (Å²) in [6.07, 6.45) is 1.75. The predicted octanol–water partition coefficient (Wildman–Crippen LogP) is 3.48. The smallest absolute Gasteiger partial charge is 0.0650 e. The summed E-state index contributed by atoms with van der Waals surface area (Å²) in [6.45, 7) is 0. The Balaban J connectivity index is 1.82. The van der Waals surface area contributed by atoms with Crippen LogP contribution in [0.4, 0.5) is 0 Å². The van der Waals surface area contributed by atoms with Gasteiger partial charge in [0.15, 0.2) is 0 Å². The fourth-order valence-electron chi connectivity index (χ4n) is 1.82. The highest BCUT2D eigenvalue weighted by Gasteiger charge is 1.97. The number of hydrogen-bond donors (Lipinski definition) is 1. The lowest BCUT2D eigenvalue weighted by Crippen LogP contribution is -1.80. The summed E-state index contributed by atoms with van der Waals surface area (Å²) in [5.41, 5.74) is 4.16. The van der Waals surface area contributed by atoms with Crippen LogP contribution in [0.2, 0.25) is 0 Å². The average molecular weight is 244 g/mol. The molecule has 0 fully saturated rings. The lowest BCUT2D eigenvalue weighted by molar-refractivity contribution is 1.10. The molecule has 0 saturated heterocycles. The molecular formula is C17H12N2. The average Bonchev–Trinajstić information content (AvgIpc) is 3.01. The van der Waals surface area contributed by atoms with Gasteiger partial charge >= 0.3 is 0 Å². The molecule has 0 aliphatic carbocycles. The summed E-state index contributed by atoms with van der Waals surface area (Å²) < 4.78 is 0. The molecule has 0 aliphatic heterocycles. The van der Waals surface area contributed by atoms with E-state index in [9.17, 15) is 0 Å². The van der Waals surface area contributed by atoms with Crippen LogP contribution in [-0.4, -0.2) is 10.2 Å². The maximum atomic E-state index is 3.94. The highest BCUT2D eigenvalue weighted by Crippen LogP contribution is 2.16. The van der Waals surface area contributed by atoms with E-state index in [1.54, 1.807) is 6.20 Å². The first-order valence-corrected chi connectivity index (χ1v) is 6.09. The molecule has 0 bridgehead atoms. The van der Waals surface area contributed by atoms with Crippen molar-refractivity contribution in [3.8, 4) is 23.1 Å². The topological polar surface area (TPSA) is 28.7 Å². The Morgan fingerprint density at radius 3 is 2.05 bits per heavy atom. The van der Waals surface area contributed by atoms with Crippen molar-refractivity contribution in [2.24, 2.45) is 0 Å². The lowest BCUT2D eigenvalue weighted by Gasteiger charge is -1.97. The number of benzene rings is 2. The van der Waals surface area contributed by atoms with Crippen LogP contribution < -0.4 is 0 Å². The highest BCUT2D eigenvalue weighted by atomic mass is 15.1. The van der Waals surface area contributed by atoms with Crippen LogP contribution in [0.15, 0.2) is 66.9 Å². The third-order valence-electron chi connectivity index (χ3n) is 2.82. The maximum absolute atomic E-state index is 3.94. The summed E-state index contributed by atoms with van der Waals surface area (Å²) >= 11 is 0. The predicted molar refractivity (Wildman–Crippen MR) is 76.4 cm³/mol. The van der Waals surface area contributed by atoms with Gasteiger partial charge in [-0.05, 0) is 35.9 Å².